The molecule has 1 amide bonds. The summed E-state index contributed by atoms with van der Waals surface area (Å²) in [6.45, 7) is 6.18. The van der Waals surface area contributed by atoms with Gasteiger partial charge in [0.2, 0.25) is 0 Å². The number of nitriles is 1. The van der Waals surface area contributed by atoms with Crippen molar-refractivity contribution in [2.45, 2.75) is 38.3 Å². The van der Waals surface area contributed by atoms with Crippen LogP contribution >= 0.6 is 0 Å². The minimum atomic E-state index is -0.612. The lowest BCUT2D eigenvalue weighted by Crippen LogP contribution is -2.64. The van der Waals surface area contributed by atoms with E-state index in [4.69, 9.17) is 14.8 Å². The third-order valence-electron chi connectivity index (χ3n) is 5.72. The lowest BCUT2D eigenvalue weighted by molar-refractivity contribution is -0.0313. The van der Waals surface area contributed by atoms with Crippen LogP contribution < -0.4 is 0 Å². The van der Waals surface area contributed by atoms with E-state index in [0.717, 1.165) is 16.9 Å². The topological polar surface area (TPSA) is 119 Å². The van der Waals surface area contributed by atoms with Crippen molar-refractivity contribution in [3.05, 3.63) is 43.1 Å². The number of fused-ring (bicyclic) bond motifs is 1. The summed E-state index contributed by atoms with van der Waals surface area (Å²) in [6.07, 6.45) is 8.86. The van der Waals surface area contributed by atoms with Gasteiger partial charge in [-0.15, -0.1) is 0 Å². The van der Waals surface area contributed by atoms with Gasteiger partial charge >= 0.3 is 6.09 Å². The smallest absolute Gasteiger partial charge is 0.410 e. The molecule has 0 aromatic carbocycles. The molecule has 0 unspecified atom stereocenters. The Morgan fingerprint density at radius 2 is 2.06 bits per heavy atom. The molecule has 5 heterocycles. The number of aryl methyl sites for hydroxylation is 1. The van der Waals surface area contributed by atoms with Gasteiger partial charge in [0.05, 0.1) is 37.5 Å². The number of carbonyl (C=O) groups is 1. The predicted molar refractivity (Wildman–Crippen MR) is 122 cm³/mol. The third kappa shape index (κ3) is 3.77. The summed E-state index contributed by atoms with van der Waals surface area (Å²) in [5.74, 6) is 0.628. The van der Waals surface area contributed by atoms with Gasteiger partial charge in [0.15, 0.2) is 5.82 Å². The summed E-state index contributed by atoms with van der Waals surface area (Å²) >= 11 is 0. The molecule has 0 spiro atoms. The summed E-state index contributed by atoms with van der Waals surface area (Å²) in [5.41, 5.74) is 1.81. The fraction of sp³-hybridized carbons (Fsp3) is 0.391. The van der Waals surface area contributed by atoms with Crippen molar-refractivity contribution in [1.82, 2.24) is 38.8 Å². The lowest BCUT2D eigenvalue weighted by atomic mass is 9.87. The van der Waals surface area contributed by atoms with Crippen molar-refractivity contribution < 1.29 is 9.53 Å². The van der Waals surface area contributed by atoms with Gasteiger partial charge in [-0.25, -0.2) is 14.8 Å². The number of nitrogens with zero attached hydrogens (tertiary/aromatic N) is 9. The second kappa shape index (κ2) is 7.69. The predicted octanol–water partition coefficient (Wildman–Crippen LogP) is 2.85. The number of carbonyl (C=O) groups excluding carboxylic acids is 1. The van der Waals surface area contributed by atoms with Crippen LogP contribution in [0.1, 0.15) is 27.2 Å². The first-order valence-electron chi connectivity index (χ1n) is 10.9. The number of likely N-dealkylation sites (tertiary alicyclic amines) is 1. The zero-order valence-electron chi connectivity index (χ0n) is 19.5. The van der Waals surface area contributed by atoms with E-state index in [9.17, 15) is 10.1 Å². The van der Waals surface area contributed by atoms with E-state index in [-0.39, 0.29) is 12.5 Å². The molecule has 174 valence electrons. The normalized spacial score (nSPS) is 15.2. The van der Waals surface area contributed by atoms with Crippen LogP contribution in [0, 0.1) is 11.3 Å². The van der Waals surface area contributed by atoms with Gasteiger partial charge in [0.1, 0.15) is 22.5 Å². The second-order valence-electron chi connectivity index (χ2n) is 9.56. The molecular formula is C23H25N9O2. The monoisotopic (exact) mass is 459 g/mol. The van der Waals surface area contributed by atoms with Gasteiger partial charge < -0.3 is 9.64 Å². The van der Waals surface area contributed by atoms with Crippen molar-refractivity contribution in [3.63, 3.8) is 0 Å². The quantitative estimate of drug-likeness (QED) is 0.460. The van der Waals surface area contributed by atoms with Crippen LogP contribution in [0.25, 0.3) is 28.4 Å². The molecule has 1 aliphatic rings. The highest BCUT2D eigenvalue weighted by Gasteiger charge is 2.48. The number of hydrogen-bond donors (Lipinski definition) is 0. The van der Waals surface area contributed by atoms with E-state index >= 15 is 0 Å². The van der Waals surface area contributed by atoms with Gasteiger partial charge in [0, 0.05) is 43.5 Å². The number of amides is 1. The van der Waals surface area contributed by atoms with Crippen LogP contribution in [0.2, 0.25) is 0 Å². The Bertz CT molecular complexity index is 1410. The largest absolute Gasteiger partial charge is 0.444 e. The second-order valence-corrected chi connectivity index (χ2v) is 9.56. The maximum Gasteiger partial charge on any atom is 0.410 e. The van der Waals surface area contributed by atoms with Crippen molar-refractivity contribution in [3.8, 4) is 28.8 Å². The summed E-state index contributed by atoms with van der Waals surface area (Å²) in [5, 5.41) is 18.5. The van der Waals surface area contributed by atoms with E-state index in [0.29, 0.717) is 24.6 Å². The average molecular weight is 460 g/mol. The van der Waals surface area contributed by atoms with Crippen LogP contribution in [0.5, 0.6) is 0 Å². The zero-order valence-corrected chi connectivity index (χ0v) is 19.5. The SMILES string of the molecule is Cn1cc(-c2cc3nccn3c(-c3ccn(C4(CC#N)CN(C(=O)OC(C)(C)C)C4)n3)n2)cn1. The zero-order chi connectivity index (χ0) is 24.1. The van der Waals surface area contributed by atoms with Crippen LogP contribution in [0.3, 0.4) is 0 Å². The molecule has 0 saturated carbocycles. The average Bonchev–Trinajstić information content (AvgIpc) is 3.48. The van der Waals surface area contributed by atoms with Crippen molar-refractivity contribution in [2.24, 2.45) is 7.05 Å². The fourth-order valence-corrected chi connectivity index (χ4v) is 4.12. The standard InChI is InChI=1S/C23H25N9O2/c1-22(2,3)34-21(33)30-14-23(15-30,6-7-24)32-9-5-17(28-32)20-27-18(16-12-26-29(4)13-16)11-19-25-8-10-31(19)20/h5,8-13H,6,14-15H2,1-4H3. The van der Waals surface area contributed by atoms with Crippen LogP contribution in [-0.4, -0.2) is 63.6 Å². The molecule has 0 N–H and O–H groups in total. The molecule has 11 heteroatoms. The molecule has 0 radical (unpaired) electrons. The Morgan fingerprint density at radius 3 is 2.74 bits per heavy atom. The van der Waals surface area contributed by atoms with Crippen molar-refractivity contribution in [2.75, 3.05) is 13.1 Å². The molecule has 4 aromatic rings. The highest BCUT2D eigenvalue weighted by Crippen LogP contribution is 2.34. The molecule has 0 bridgehead atoms. The van der Waals surface area contributed by atoms with E-state index < -0.39 is 11.1 Å². The first-order chi connectivity index (χ1) is 16.2. The molecule has 0 aliphatic carbocycles. The van der Waals surface area contributed by atoms with Crippen molar-refractivity contribution in [1.29, 1.82) is 5.26 Å². The maximum atomic E-state index is 12.4. The van der Waals surface area contributed by atoms with Gasteiger partial charge in [0.25, 0.3) is 0 Å². The van der Waals surface area contributed by atoms with Gasteiger partial charge in [-0.05, 0) is 26.8 Å². The minimum absolute atomic E-state index is 0.219. The number of hydrogen-bond acceptors (Lipinski definition) is 7. The summed E-state index contributed by atoms with van der Waals surface area (Å²) in [6, 6.07) is 6.01. The summed E-state index contributed by atoms with van der Waals surface area (Å²) < 4.78 is 10.8. The number of aromatic nitrogens is 7. The Morgan fingerprint density at radius 1 is 1.26 bits per heavy atom. The number of ether oxygens (including phenoxy) is 1. The van der Waals surface area contributed by atoms with E-state index in [2.05, 4.69) is 16.2 Å². The van der Waals surface area contributed by atoms with E-state index in [1.807, 2.05) is 62.9 Å². The van der Waals surface area contributed by atoms with Crippen LogP contribution in [-0.2, 0) is 17.3 Å². The maximum absolute atomic E-state index is 12.4. The Hall–Kier alpha value is -4.20. The summed E-state index contributed by atoms with van der Waals surface area (Å²) in [7, 11) is 1.86. The molecule has 0 atom stereocenters. The molecular weight excluding hydrogens is 434 g/mol. The molecule has 34 heavy (non-hydrogen) atoms. The Kier molecular flexibility index (Phi) is 4.89. The Labute approximate surface area is 196 Å². The highest BCUT2D eigenvalue weighted by atomic mass is 16.6. The summed E-state index contributed by atoms with van der Waals surface area (Å²) in [4.78, 5) is 23.3. The molecule has 4 aromatic heterocycles. The van der Waals surface area contributed by atoms with Crippen LogP contribution in [0.15, 0.2) is 43.1 Å². The molecule has 1 fully saturated rings. The van der Waals surface area contributed by atoms with Crippen molar-refractivity contribution >= 4 is 11.7 Å². The molecule has 11 nitrogen and oxygen atoms in total. The number of rotatable bonds is 4. The molecule has 5 rings (SSSR count). The van der Waals surface area contributed by atoms with E-state index in [1.54, 1.807) is 26.7 Å². The fourth-order valence-electron chi connectivity index (χ4n) is 4.12. The van der Waals surface area contributed by atoms with Gasteiger partial charge in [-0.2, -0.15) is 15.5 Å². The first-order valence-corrected chi connectivity index (χ1v) is 10.9. The highest BCUT2D eigenvalue weighted by molar-refractivity contribution is 5.70. The molecule has 1 aliphatic heterocycles. The van der Waals surface area contributed by atoms with Gasteiger partial charge in [-0.3, -0.25) is 13.8 Å². The minimum Gasteiger partial charge on any atom is -0.444 e. The van der Waals surface area contributed by atoms with E-state index in [1.165, 1.54) is 0 Å². The van der Waals surface area contributed by atoms with Crippen LogP contribution in [0.4, 0.5) is 4.79 Å². The molecule has 1 saturated heterocycles. The lowest BCUT2D eigenvalue weighted by Gasteiger charge is -2.48. The number of imidazole rings is 1. The van der Waals surface area contributed by atoms with Gasteiger partial charge in [-0.1, -0.05) is 0 Å². The Balaban J connectivity index is 1.47. The third-order valence-corrected chi connectivity index (χ3v) is 5.72. The first kappa shape index (κ1) is 21.6.